The minimum absolute atomic E-state index is 0.0566. The van der Waals surface area contributed by atoms with Gasteiger partial charge in [0.2, 0.25) is 5.91 Å². The summed E-state index contributed by atoms with van der Waals surface area (Å²) in [6.45, 7) is 1.17. The van der Waals surface area contributed by atoms with Crippen LogP contribution in [0, 0.1) is 0 Å². The van der Waals surface area contributed by atoms with Gasteiger partial charge in [-0.3, -0.25) is 14.5 Å². The molecule has 1 heterocycles. The Bertz CT molecular complexity index is 394. The summed E-state index contributed by atoms with van der Waals surface area (Å²) in [5.41, 5.74) is 0. The average molecular weight is 286 g/mol. The zero-order valence-corrected chi connectivity index (χ0v) is 11.6. The molecule has 2 N–H and O–H groups in total. The normalized spacial score (nSPS) is 10.6. The van der Waals surface area contributed by atoms with Crippen molar-refractivity contribution in [1.82, 2.24) is 10.2 Å². The molecule has 7 heteroatoms. The van der Waals surface area contributed by atoms with Gasteiger partial charge in [-0.05, 0) is 11.4 Å². The number of methoxy groups -OCH3 is 1. The molecule has 0 aliphatic heterocycles. The maximum atomic E-state index is 11.7. The third-order valence-electron chi connectivity index (χ3n) is 2.38. The summed E-state index contributed by atoms with van der Waals surface area (Å²) in [7, 11) is 1.54. The van der Waals surface area contributed by atoms with Gasteiger partial charge in [-0.1, -0.05) is 6.07 Å². The number of aliphatic carboxylic acids is 1. The Kier molecular flexibility index (Phi) is 7.09. The molecule has 0 saturated heterocycles. The molecule has 0 radical (unpaired) electrons. The molecule has 0 fully saturated rings. The van der Waals surface area contributed by atoms with E-state index in [1.807, 2.05) is 17.5 Å². The van der Waals surface area contributed by atoms with Crippen LogP contribution in [-0.2, 0) is 20.9 Å². The second kappa shape index (κ2) is 8.63. The summed E-state index contributed by atoms with van der Waals surface area (Å²) >= 11 is 1.57. The highest BCUT2D eigenvalue weighted by molar-refractivity contribution is 7.09. The van der Waals surface area contributed by atoms with Crippen molar-refractivity contribution in [2.45, 2.75) is 6.54 Å². The van der Waals surface area contributed by atoms with Gasteiger partial charge in [0.1, 0.15) is 0 Å². The molecule has 1 aromatic rings. The van der Waals surface area contributed by atoms with Crippen LogP contribution in [0.4, 0.5) is 0 Å². The lowest BCUT2D eigenvalue weighted by atomic mass is 10.4. The molecule has 0 aliphatic carbocycles. The summed E-state index contributed by atoms with van der Waals surface area (Å²) in [5, 5.41) is 13.5. The molecule has 106 valence electrons. The van der Waals surface area contributed by atoms with Crippen molar-refractivity contribution in [2.24, 2.45) is 0 Å². The zero-order valence-electron chi connectivity index (χ0n) is 10.8. The van der Waals surface area contributed by atoms with Crippen LogP contribution in [0.3, 0.4) is 0 Å². The number of hydrogen-bond donors (Lipinski definition) is 2. The van der Waals surface area contributed by atoms with E-state index < -0.39 is 5.97 Å². The van der Waals surface area contributed by atoms with Gasteiger partial charge in [0.15, 0.2) is 0 Å². The van der Waals surface area contributed by atoms with Crippen LogP contribution in [0.2, 0.25) is 0 Å². The van der Waals surface area contributed by atoms with E-state index in [9.17, 15) is 9.59 Å². The number of nitrogens with zero attached hydrogens (tertiary/aromatic N) is 1. The van der Waals surface area contributed by atoms with Crippen molar-refractivity contribution >= 4 is 23.2 Å². The van der Waals surface area contributed by atoms with E-state index in [0.29, 0.717) is 19.7 Å². The quantitative estimate of drug-likeness (QED) is 0.687. The molecule has 0 atom stereocenters. The van der Waals surface area contributed by atoms with Crippen LogP contribution in [0.5, 0.6) is 0 Å². The largest absolute Gasteiger partial charge is 0.480 e. The predicted octanol–water partition coefficient (Wildman–Crippen LogP) is 0.397. The van der Waals surface area contributed by atoms with Crippen LogP contribution in [0.15, 0.2) is 17.5 Å². The number of carbonyl (C=O) groups excluding carboxylic acids is 1. The van der Waals surface area contributed by atoms with E-state index in [0.717, 1.165) is 4.88 Å². The first-order valence-corrected chi connectivity index (χ1v) is 6.72. The topological polar surface area (TPSA) is 78.9 Å². The minimum atomic E-state index is -0.956. The number of carboxylic acids is 1. The molecule has 0 aliphatic rings. The molecular formula is C12H18N2O4S. The van der Waals surface area contributed by atoms with Crippen molar-refractivity contribution in [3.8, 4) is 0 Å². The van der Waals surface area contributed by atoms with Crippen molar-refractivity contribution in [2.75, 3.05) is 33.4 Å². The van der Waals surface area contributed by atoms with Gasteiger partial charge in [0, 0.05) is 18.5 Å². The highest BCUT2D eigenvalue weighted by atomic mass is 32.1. The summed E-state index contributed by atoms with van der Waals surface area (Å²) in [6.07, 6.45) is 0. The Morgan fingerprint density at radius 2 is 2.26 bits per heavy atom. The first kappa shape index (κ1) is 15.6. The number of amides is 1. The van der Waals surface area contributed by atoms with Gasteiger partial charge in [-0.15, -0.1) is 11.3 Å². The first-order chi connectivity index (χ1) is 9.11. The Morgan fingerprint density at radius 1 is 1.47 bits per heavy atom. The zero-order chi connectivity index (χ0) is 14.1. The summed E-state index contributed by atoms with van der Waals surface area (Å²) in [6, 6.07) is 3.85. The highest BCUT2D eigenvalue weighted by Crippen LogP contribution is 2.07. The van der Waals surface area contributed by atoms with E-state index in [2.05, 4.69) is 5.32 Å². The molecule has 19 heavy (non-hydrogen) atoms. The molecule has 1 rings (SSSR count). The fraction of sp³-hybridized carbons (Fsp3) is 0.500. The molecule has 1 aromatic heterocycles. The van der Waals surface area contributed by atoms with Crippen molar-refractivity contribution in [3.05, 3.63) is 22.4 Å². The molecule has 0 saturated carbocycles. The predicted molar refractivity (Wildman–Crippen MR) is 72.1 cm³/mol. The number of thiophene rings is 1. The Labute approximate surface area is 116 Å². The number of carbonyl (C=O) groups is 2. The van der Waals surface area contributed by atoms with Crippen LogP contribution >= 0.6 is 11.3 Å². The number of ether oxygens (including phenoxy) is 1. The second-order valence-corrected chi connectivity index (χ2v) is 4.99. The lowest BCUT2D eigenvalue weighted by Gasteiger charge is -2.19. The van der Waals surface area contributed by atoms with E-state index in [1.54, 1.807) is 11.3 Å². The maximum absolute atomic E-state index is 11.7. The standard InChI is InChI=1S/C12H18N2O4S/c1-18-5-4-14(9-12(16)17)8-11(15)13-7-10-3-2-6-19-10/h2-3,6H,4-5,7-9H2,1H3,(H,13,15)(H,16,17). The third kappa shape index (κ3) is 6.90. The monoisotopic (exact) mass is 286 g/mol. The Morgan fingerprint density at radius 3 is 2.84 bits per heavy atom. The molecule has 0 bridgehead atoms. The van der Waals surface area contributed by atoms with E-state index >= 15 is 0 Å². The molecule has 1 amide bonds. The smallest absolute Gasteiger partial charge is 0.317 e. The van der Waals surface area contributed by atoms with Gasteiger partial charge >= 0.3 is 5.97 Å². The fourth-order valence-corrected chi connectivity index (χ4v) is 2.13. The lowest BCUT2D eigenvalue weighted by molar-refractivity contribution is -0.138. The fourth-order valence-electron chi connectivity index (χ4n) is 1.48. The minimum Gasteiger partial charge on any atom is -0.480 e. The summed E-state index contributed by atoms with van der Waals surface area (Å²) < 4.78 is 4.89. The van der Waals surface area contributed by atoms with Gasteiger partial charge in [-0.2, -0.15) is 0 Å². The maximum Gasteiger partial charge on any atom is 0.317 e. The van der Waals surface area contributed by atoms with E-state index in [-0.39, 0.29) is 19.0 Å². The van der Waals surface area contributed by atoms with Gasteiger partial charge in [0.05, 0.1) is 26.2 Å². The van der Waals surface area contributed by atoms with Crippen molar-refractivity contribution in [3.63, 3.8) is 0 Å². The molecular weight excluding hydrogens is 268 g/mol. The molecule has 6 nitrogen and oxygen atoms in total. The van der Waals surface area contributed by atoms with Gasteiger partial charge < -0.3 is 15.2 Å². The molecule has 0 spiro atoms. The highest BCUT2D eigenvalue weighted by Gasteiger charge is 2.13. The van der Waals surface area contributed by atoms with Crippen LogP contribution in [-0.4, -0.2) is 55.2 Å². The van der Waals surface area contributed by atoms with Crippen LogP contribution in [0.1, 0.15) is 4.88 Å². The van der Waals surface area contributed by atoms with E-state index in [1.165, 1.54) is 12.0 Å². The molecule has 0 aromatic carbocycles. The van der Waals surface area contributed by atoms with Crippen molar-refractivity contribution in [1.29, 1.82) is 0 Å². The second-order valence-electron chi connectivity index (χ2n) is 3.95. The Hall–Kier alpha value is -1.44. The van der Waals surface area contributed by atoms with Gasteiger partial charge in [-0.25, -0.2) is 0 Å². The number of nitrogens with one attached hydrogen (secondary N) is 1. The Balaban J connectivity index is 2.34. The van der Waals surface area contributed by atoms with Gasteiger partial charge in [0.25, 0.3) is 0 Å². The third-order valence-corrected chi connectivity index (χ3v) is 3.25. The summed E-state index contributed by atoms with van der Waals surface area (Å²) in [4.78, 5) is 25.0. The lowest BCUT2D eigenvalue weighted by Crippen LogP contribution is -2.41. The summed E-state index contributed by atoms with van der Waals surface area (Å²) in [5.74, 6) is -1.15. The number of rotatable bonds is 9. The number of hydrogen-bond acceptors (Lipinski definition) is 5. The first-order valence-electron chi connectivity index (χ1n) is 5.84. The SMILES string of the molecule is COCCN(CC(=O)O)CC(=O)NCc1cccs1. The average Bonchev–Trinajstić information content (AvgIpc) is 2.86. The molecule has 0 unspecified atom stereocenters. The van der Waals surface area contributed by atoms with Crippen LogP contribution in [0.25, 0.3) is 0 Å². The van der Waals surface area contributed by atoms with Crippen LogP contribution < -0.4 is 5.32 Å². The van der Waals surface area contributed by atoms with Crippen molar-refractivity contribution < 1.29 is 19.4 Å². The number of carboxylic acid groups (broad SMARTS) is 1. The van der Waals surface area contributed by atoms with E-state index in [4.69, 9.17) is 9.84 Å².